The number of piperidine rings is 1. The van der Waals surface area contributed by atoms with Crippen LogP contribution in [0.3, 0.4) is 0 Å². The van der Waals surface area contributed by atoms with E-state index in [4.69, 9.17) is 10.5 Å². The molecule has 3 aliphatic heterocycles. The molecule has 0 aliphatic carbocycles. The largest absolute Gasteiger partial charge is 0.377 e. The highest BCUT2D eigenvalue weighted by Gasteiger charge is 2.35. The number of primary amides is 1. The van der Waals surface area contributed by atoms with E-state index in [0.29, 0.717) is 12.5 Å². The van der Waals surface area contributed by atoms with Gasteiger partial charge in [0.25, 0.3) is 5.91 Å². The van der Waals surface area contributed by atoms with Crippen molar-refractivity contribution in [2.24, 2.45) is 17.6 Å². The standard InChI is InChI=1S/C22H31N3O3/c1-24-8-6-16-2-3-17(13-18(16)14-24)22(27)25-9-4-15(5-10-25)12-20-19(21(23)26)7-11-28-20/h2-3,13,15,19-20H,4-12,14H2,1H3,(H2,23,26)/t19-,20-/m0/s1. The van der Waals surface area contributed by atoms with E-state index in [1.54, 1.807) is 0 Å². The van der Waals surface area contributed by atoms with Crippen LogP contribution in [0.25, 0.3) is 0 Å². The molecule has 6 nitrogen and oxygen atoms in total. The molecule has 3 heterocycles. The van der Waals surface area contributed by atoms with Crippen LogP contribution in [0.1, 0.15) is 47.2 Å². The van der Waals surface area contributed by atoms with E-state index in [9.17, 15) is 9.59 Å². The Morgan fingerprint density at radius 1 is 1.14 bits per heavy atom. The van der Waals surface area contributed by atoms with Crippen molar-refractivity contribution in [3.63, 3.8) is 0 Å². The van der Waals surface area contributed by atoms with Crippen LogP contribution in [-0.4, -0.2) is 61.0 Å². The van der Waals surface area contributed by atoms with E-state index in [1.807, 2.05) is 11.0 Å². The zero-order valence-corrected chi connectivity index (χ0v) is 16.7. The second-order valence-corrected chi connectivity index (χ2v) is 8.65. The fraction of sp³-hybridized carbons (Fsp3) is 0.636. The number of hydrogen-bond acceptors (Lipinski definition) is 4. The van der Waals surface area contributed by atoms with Crippen molar-refractivity contribution in [1.82, 2.24) is 9.80 Å². The monoisotopic (exact) mass is 385 g/mol. The Morgan fingerprint density at radius 3 is 2.68 bits per heavy atom. The Kier molecular flexibility index (Phi) is 5.69. The summed E-state index contributed by atoms with van der Waals surface area (Å²) in [5.41, 5.74) is 8.96. The first-order valence-electron chi connectivity index (χ1n) is 10.5. The molecule has 0 aromatic heterocycles. The predicted molar refractivity (Wildman–Crippen MR) is 107 cm³/mol. The van der Waals surface area contributed by atoms with E-state index in [2.05, 4.69) is 24.1 Å². The number of hydrogen-bond donors (Lipinski definition) is 1. The summed E-state index contributed by atoms with van der Waals surface area (Å²) in [4.78, 5) is 28.8. The minimum atomic E-state index is -0.242. The normalized spacial score (nSPS) is 26.2. The lowest BCUT2D eigenvalue weighted by atomic mass is 9.86. The van der Waals surface area contributed by atoms with Crippen molar-refractivity contribution in [2.45, 2.75) is 44.8 Å². The van der Waals surface area contributed by atoms with E-state index in [1.165, 1.54) is 11.1 Å². The number of amides is 2. The number of rotatable bonds is 4. The molecule has 1 aromatic carbocycles. The molecule has 0 unspecified atom stereocenters. The van der Waals surface area contributed by atoms with Crippen LogP contribution in [0.15, 0.2) is 18.2 Å². The molecule has 3 aliphatic rings. The van der Waals surface area contributed by atoms with Crippen LogP contribution in [0.2, 0.25) is 0 Å². The van der Waals surface area contributed by atoms with Gasteiger partial charge in [0.15, 0.2) is 0 Å². The van der Waals surface area contributed by atoms with Gasteiger partial charge in [-0.1, -0.05) is 6.07 Å². The van der Waals surface area contributed by atoms with Gasteiger partial charge in [0.05, 0.1) is 12.0 Å². The average molecular weight is 386 g/mol. The van der Waals surface area contributed by atoms with Crippen LogP contribution < -0.4 is 5.73 Å². The first-order chi connectivity index (χ1) is 13.5. The molecule has 2 fully saturated rings. The van der Waals surface area contributed by atoms with Crippen molar-refractivity contribution in [3.05, 3.63) is 34.9 Å². The maximum atomic E-state index is 13.0. The van der Waals surface area contributed by atoms with E-state index in [-0.39, 0.29) is 23.8 Å². The zero-order chi connectivity index (χ0) is 19.7. The lowest BCUT2D eigenvalue weighted by Gasteiger charge is -2.34. The zero-order valence-electron chi connectivity index (χ0n) is 16.7. The third kappa shape index (κ3) is 4.08. The Bertz CT molecular complexity index is 743. The lowest BCUT2D eigenvalue weighted by Crippen LogP contribution is -2.40. The van der Waals surface area contributed by atoms with Crippen molar-refractivity contribution in [3.8, 4) is 0 Å². The summed E-state index contributed by atoms with van der Waals surface area (Å²) in [6.07, 6.45) is 4.56. The summed E-state index contributed by atoms with van der Waals surface area (Å²) in [5, 5.41) is 0. The molecule has 4 rings (SSSR count). The number of benzene rings is 1. The van der Waals surface area contributed by atoms with Gasteiger partial charge in [0.2, 0.25) is 5.91 Å². The number of likely N-dealkylation sites (N-methyl/N-ethyl adjacent to an activating group) is 1. The topological polar surface area (TPSA) is 75.9 Å². The van der Waals surface area contributed by atoms with Crippen molar-refractivity contribution < 1.29 is 14.3 Å². The highest BCUT2D eigenvalue weighted by Crippen LogP contribution is 2.31. The van der Waals surface area contributed by atoms with Gasteiger partial charge in [-0.15, -0.1) is 0 Å². The van der Waals surface area contributed by atoms with Crippen molar-refractivity contribution in [2.75, 3.05) is 33.3 Å². The average Bonchev–Trinajstić information content (AvgIpc) is 3.16. The minimum absolute atomic E-state index is 0.0395. The molecule has 0 bridgehead atoms. The molecular formula is C22H31N3O3. The predicted octanol–water partition coefficient (Wildman–Crippen LogP) is 1.81. The molecule has 6 heteroatoms. The molecule has 0 saturated carbocycles. The molecular weight excluding hydrogens is 354 g/mol. The fourth-order valence-electron chi connectivity index (χ4n) is 4.92. The molecule has 28 heavy (non-hydrogen) atoms. The summed E-state index contributed by atoms with van der Waals surface area (Å²) in [5.74, 6) is 0.245. The highest BCUT2D eigenvalue weighted by atomic mass is 16.5. The summed E-state index contributed by atoms with van der Waals surface area (Å²) in [7, 11) is 2.12. The molecule has 2 saturated heterocycles. The maximum Gasteiger partial charge on any atom is 0.253 e. The number of nitrogens with zero attached hydrogens (tertiary/aromatic N) is 2. The first-order valence-corrected chi connectivity index (χ1v) is 10.5. The van der Waals surface area contributed by atoms with Gasteiger partial charge in [-0.3, -0.25) is 9.59 Å². The van der Waals surface area contributed by atoms with Gasteiger partial charge >= 0.3 is 0 Å². The molecule has 0 spiro atoms. The van der Waals surface area contributed by atoms with Crippen LogP contribution in [0.5, 0.6) is 0 Å². The second kappa shape index (κ2) is 8.21. The minimum Gasteiger partial charge on any atom is -0.377 e. The van der Waals surface area contributed by atoms with Crippen LogP contribution in [-0.2, 0) is 22.5 Å². The summed E-state index contributed by atoms with van der Waals surface area (Å²) >= 11 is 0. The van der Waals surface area contributed by atoms with Gasteiger partial charge in [0, 0.05) is 38.3 Å². The van der Waals surface area contributed by atoms with Crippen LogP contribution >= 0.6 is 0 Å². The van der Waals surface area contributed by atoms with Gasteiger partial charge in [-0.2, -0.15) is 0 Å². The Hall–Kier alpha value is -1.92. The molecule has 2 atom stereocenters. The van der Waals surface area contributed by atoms with Crippen molar-refractivity contribution >= 4 is 11.8 Å². The molecule has 0 radical (unpaired) electrons. The molecule has 1 aromatic rings. The van der Waals surface area contributed by atoms with Gasteiger partial charge in [-0.05, 0) is 68.3 Å². The Balaban J connectivity index is 1.33. The highest BCUT2D eigenvalue weighted by molar-refractivity contribution is 5.94. The van der Waals surface area contributed by atoms with Crippen LogP contribution in [0, 0.1) is 11.8 Å². The fourth-order valence-corrected chi connectivity index (χ4v) is 4.92. The number of ether oxygens (including phenoxy) is 1. The van der Waals surface area contributed by atoms with E-state index < -0.39 is 0 Å². The molecule has 152 valence electrons. The summed E-state index contributed by atoms with van der Waals surface area (Å²) < 4.78 is 5.75. The molecule has 2 amide bonds. The quantitative estimate of drug-likeness (QED) is 0.858. The van der Waals surface area contributed by atoms with E-state index >= 15 is 0 Å². The number of carbonyl (C=O) groups excluding carboxylic acids is 2. The SMILES string of the molecule is CN1CCc2ccc(C(=O)N3CCC(C[C@@H]4OCC[C@@H]4C(N)=O)CC3)cc2C1. The molecule has 2 N–H and O–H groups in total. The third-order valence-electron chi connectivity index (χ3n) is 6.70. The number of nitrogens with two attached hydrogens (primary N) is 1. The number of fused-ring (bicyclic) bond motifs is 1. The van der Waals surface area contributed by atoms with Gasteiger partial charge < -0.3 is 20.3 Å². The first kappa shape index (κ1) is 19.4. The van der Waals surface area contributed by atoms with Crippen molar-refractivity contribution in [1.29, 1.82) is 0 Å². The van der Waals surface area contributed by atoms with Gasteiger partial charge in [-0.25, -0.2) is 0 Å². The summed E-state index contributed by atoms with van der Waals surface area (Å²) in [6.45, 7) is 4.17. The summed E-state index contributed by atoms with van der Waals surface area (Å²) in [6, 6.07) is 6.20. The Morgan fingerprint density at radius 2 is 1.93 bits per heavy atom. The third-order valence-corrected chi connectivity index (χ3v) is 6.70. The number of likely N-dealkylation sites (tertiary alicyclic amines) is 1. The lowest BCUT2D eigenvalue weighted by molar-refractivity contribution is -0.123. The number of carbonyl (C=O) groups is 2. The van der Waals surface area contributed by atoms with Crippen LogP contribution in [0.4, 0.5) is 0 Å². The smallest absolute Gasteiger partial charge is 0.253 e. The second-order valence-electron chi connectivity index (χ2n) is 8.65. The maximum absolute atomic E-state index is 13.0. The van der Waals surface area contributed by atoms with E-state index in [0.717, 1.165) is 63.8 Å². The van der Waals surface area contributed by atoms with Gasteiger partial charge in [0.1, 0.15) is 0 Å². The Labute approximate surface area is 167 Å².